The molecule has 0 spiro atoms. The van der Waals surface area contributed by atoms with Crippen LogP contribution in [-0.2, 0) is 17.8 Å². The van der Waals surface area contributed by atoms with Crippen molar-refractivity contribution in [3.8, 4) is 0 Å². The summed E-state index contributed by atoms with van der Waals surface area (Å²) in [6.45, 7) is 3.64. The summed E-state index contributed by atoms with van der Waals surface area (Å²) in [5, 5.41) is 15.0. The van der Waals surface area contributed by atoms with Gasteiger partial charge in [-0.3, -0.25) is 4.90 Å². The van der Waals surface area contributed by atoms with Gasteiger partial charge in [-0.05, 0) is 16.9 Å². The fraction of sp³-hybridized carbons (Fsp3) is 0.438. The second-order valence-electron chi connectivity index (χ2n) is 5.70. The molecule has 7 heteroatoms. The summed E-state index contributed by atoms with van der Waals surface area (Å²) >= 11 is 0. The first-order valence-corrected chi connectivity index (χ1v) is 7.76. The van der Waals surface area contributed by atoms with Crippen LogP contribution in [0.15, 0.2) is 42.6 Å². The Hall–Kier alpha value is -2.25. The molecular weight excluding hydrogens is 296 g/mol. The fourth-order valence-electron chi connectivity index (χ4n) is 2.88. The third-order valence-electron chi connectivity index (χ3n) is 3.94. The number of aromatic nitrogens is 2. The standard InChI is InChI=1S/C16H20N4O3/c21-20(22)16-7-8-17-19(16)13-15-12-18(9-4-10-23-15)11-14-5-2-1-3-6-14/h1-3,5-8,15H,4,9-13H2/t15-/m0/s1. The molecule has 23 heavy (non-hydrogen) atoms. The average Bonchev–Trinajstić information content (AvgIpc) is 2.89. The number of rotatable bonds is 5. The molecule has 0 N–H and O–H groups in total. The third-order valence-corrected chi connectivity index (χ3v) is 3.94. The Bertz CT molecular complexity index is 644. The van der Waals surface area contributed by atoms with Crippen LogP contribution in [0.1, 0.15) is 12.0 Å². The molecule has 3 rings (SSSR count). The zero-order valence-corrected chi connectivity index (χ0v) is 12.9. The zero-order valence-electron chi connectivity index (χ0n) is 12.9. The molecule has 1 atom stereocenters. The van der Waals surface area contributed by atoms with Crippen molar-refractivity contribution in [2.45, 2.75) is 25.6 Å². The lowest BCUT2D eigenvalue weighted by Crippen LogP contribution is -2.34. The predicted molar refractivity (Wildman–Crippen MR) is 85.0 cm³/mol. The summed E-state index contributed by atoms with van der Waals surface area (Å²) < 4.78 is 7.27. The van der Waals surface area contributed by atoms with Crippen LogP contribution in [0.25, 0.3) is 0 Å². The smallest absolute Gasteiger partial charge is 0.344 e. The van der Waals surface area contributed by atoms with E-state index >= 15 is 0 Å². The molecule has 1 aromatic heterocycles. The van der Waals surface area contributed by atoms with Gasteiger partial charge in [-0.2, -0.15) is 0 Å². The van der Waals surface area contributed by atoms with E-state index in [4.69, 9.17) is 4.74 Å². The molecular formula is C16H20N4O3. The molecule has 1 aromatic carbocycles. The van der Waals surface area contributed by atoms with Gasteiger partial charge in [-0.1, -0.05) is 35.4 Å². The van der Waals surface area contributed by atoms with E-state index in [0.717, 1.165) is 26.1 Å². The molecule has 0 radical (unpaired) electrons. The van der Waals surface area contributed by atoms with Crippen molar-refractivity contribution >= 4 is 5.82 Å². The van der Waals surface area contributed by atoms with Gasteiger partial charge >= 0.3 is 5.82 Å². The van der Waals surface area contributed by atoms with Crippen LogP contribution in [0, 0.1) is 10.1 Å². The Morgan fingerprint density at radius 3 is 2.91 bits per heavy atom. The normalized spacial score (nSPS) is 19.4. The largest absolute Gasteiger partial charge is 0.373 e. The summed E-state index contributed by atoms with van der Waals surface area (Å²) in [5.74, 6) is 0.00690. The zero-order chi connectivity index (χ0) is 16.1. The van der Waals surface area contributed by atoms with Crippen molar-refractivity contribution in [2.75, 3.05) is 19.7 Å². The number of nitro groups is 1. The summed E-state index contributed by atoms with van der Waals surface area (Å²) in [7, 11) is 0. The number of ether oxygens (including phenoxy) is 1. The van der Waals surface area contributed by atoms with E-state index in [1.807, 2.05) is 18.2 Å². The fourth-order valence-corrected chi connectivity index (χ4v) is 2.88. The maximum absolute atomic E-state index is 11.0. The molecule has 0 saturated carbocycles. The van der Waals surface area contributed by atoms with Crippen molar-refractivity contribution in [2.24, 2.45) is 0 Å². The Kier molecular flexibility index (Phi) is 4.99. The van der Waals surface area contributed by atoms with E-state index < -0.39 is 4.92 Å². The van der Waals surface area contributed by atoms with Crippen LogP contribution in [0.2, 0.25) is 0 Å². The third kappa shape index (κ3) is 4.14. The lowest BCUT2D eigenvalue weighted by Gasteiger charge is -2.22. The van der Waals surface area contributed by atoms with E-state index in [1.54, 1.807) is 0 Å². The number of nitrogens with zero attached hydrogens (tertiary/aromatic N) is 4. The quantitative estimate of drug-likeness (QED) is 0.624. The lowest BCUT2D eigenvalue weighted by molar-refractivity contribution is -0.393. The molecule has 1 fully saturated rings. The molecule has 1 saturated heterocycles. The topological polar surface area (TPSA) is 73.4 Å². The van der Waals surface area contributed by atoms with Crippen LogP contribution < -0.4 is 0 Å². The van der Waals surface area contributed by atoms with Crippen molar-refractivity contribution in [3.05, 3.63) is 58.3 Å². The van der Waals surface area contributed by atoms with Crippen molar-refractivity contribution in [1.82, 2.24) is 14.7 Å². The molecule has 122 valence electrons. The van der Waals surface area contributed by atoms with Crippen LogP contribution in [0.5, 0.6) is 0 Å². The van der Waals surface area contributed by atoms with Gasteiger partial charge in [0.2, 0.25) is 0 Å². The number of benzene rings is 1. The molecule has 0 aliphatic carbocycles. The Morgan fingerprint density at radius 2 is 2.13 bits per heavy atom. The van der Waals surface area contributed by atoms with Gasteiger partial charge in [-0.25, -0.2) is 0 Å². The highest BCUT2D eigenvalue weighted by Gasteiger charge is 2.24. The number of hydrogen-bond donors (Lipinski definition) is 0. The first-order chi connectivity index (χ1) is 11.2. The maximum Gasteiger partial charge on any atom is 0.344 e. The highest BCUT2D eigenvalue weighted by Crippen LogP contribution is 2.15. The first kappa shape index (κ1) is 15.6. The van der Waals surface area contributed by atoms with Crippen LogP contribution in [0.4, 0.5) is 5.82 Å². The van der Waals surface area contributed by atoms with Gasteiger partial charge in [-0.15, -0.1) is 4.68 Å². The summed E-state index contributed by atoms with van der Waals surface area (Å²) in [5.41, 5.74) is 1.26. The molecule has 1 aliphatic rings. The van der Waals surface area contributed by atoms with Gasteiger partial charge in [0.25, 0.3) is 0 Å². The van der Waals surface area contributed by atoms with E-state index in [-0.39, 0.29) is 11.9 Å². The molecule has 1 aliphatic heterocycles. The van der Waals surface area contributed by atoms with Gasteiger partial charge in [0, 0.05) is 26.2 Å². The monoisotopic (exact) mass is 316 g/mol. The van der Waals surface area contributed by atoms with E-state index in [9.17, 15) is 10.1 Å². The SMILES string of the molecule is O=[N+]([O-])c1ccnn1C[C@@H]1CN(Cc2ccccc2)CCCO1. The van der Waals surface area contributed by atoms with Crippen molar-refractivity contribution in [3.63, 3.8) is 0 Å². The maximum atomic E-state index is 11.0. The van der Waals surface area contributed by atoms with Gasteiger partial charge in [0.1, 0.15) is 12.6 Å². The molecule has 2 aromatic rings. The molecule has 0 unspecified atom stereocenters. The molecule has 0 amide bonds. The van der Waals surface area contributed by atoms with Crippen molar-refractivity contribution in [1.29, 1.82) is 0 Å². The van der Waals surface area contributed by atoms with Gasteiger partial charge < -0.3 is 14.9 Å². The molecule has 0 bridgehead atoms. The highest BCUT2D eigenvalue weighted by molar-refractivity contribution is 5.16. The van der Waals surface area contributed by atoms with Crippen LogP contribution in [-0.4, -0.2) is 45.4 Å². The predicted octanol–water partition coefficient (Wildman–Crippen LogP) is 2.08. The second-order valence-corrected chi connectivity index (χ2v) is 5.70. The number of hydrogen-bond acceptors (Lipinski definition) is 5. The Balaban J connectivity index is 1.65. The van der Waals surface area contributed by atoms with Crippen LogP contribution >= 0.6 is 0 Å². The second kappa shape index (κ2) is 7.34. The summed E-state index contributed by atoms with van der Waals surface area (Å²) in [6.07, 6.45) is 2.32. The Morgan fingerprint density at radius 1 is 1.30 bits per heavy atom. The minimum Gasteiger partial charge on any atom is -0.373 e. The summed E-state index contributed by atoms with van der Waals surface area (Å²) in [4.78, 5) is 12.9. The van der Waals surface area contributed by atoms with Crippen LogP contribution in [0.3, 0.4) is 0 Å². The van der Waals surface area contributed by atoms with Gasteiger partial charge in [0.15, 0.2) is 0 Å². The molecule has 7 nitrogen and oxygen atoms in total. The lowest BCUT2D eigenvalue weighted by atomic mass is 10.2. The Labute approximate surface area is 134 Å². The highest BCUT2D eigenvalue weighted by atomic mass is 16.6. The first-order valence-electron chi connectivity index (χ1n) is 7.76. The minimum atomic E-state index is -0.411. The van der Waals surface area contributed by atoms with E-state index in [0.29, 0.717) is 13.2 Å². The van der Waals surface area contributed by atoms with E-state index in [2.05, 4.69) is 22.1 Å². The molecule has 2 heterocycles. The summed E-state index contributed by atoms with van der Waals surface area (Å²) in [6, 6.07) is 11.7. The van der Waals surface area contributed by atoms with Gasteiger partial charge in [0.05, 0.1) is 12.3 Å². The average molecular weight is 316 g/mol. The van der Waals surface area contributed by atoms with E-state index in [1.165, 1.54) is 22.5 Å². The van der Waals surface area contributed by atoms with Crippen molar-refractivity contribution < 1.29 is 9.66 Å². The minimum absolute atomic E-state index is 0.00690.